The molecule has 1 unspecified atom stereocenters. The van der Waals surface area contributed by atoms with Gasteiger partial charge >= 0.3 is 6.16 Å². The molecule has 1 N–H and O–H groups in total. The van der Waals surface area contributed by atoms with Crippen LogP contribution < -0.4 is 5.32 Å². The second-order valence-electron chi connectivity index (χ2n) is 2.32. The third-order valence-corrected chi connectivity index (χ3v) is 2.42. The molecular weight excluding hydrogens is 178 g/mol. The Kier molecular flexibility index (Phi) is 4.24. The largest absolute Gasteiger partial charge is 0.509 e. The maximum Gasteiger partial charge on any atom is 0.509 e. The first-order chi connectivity index (χ1) is 5.83. The van der Waals surface area contributed by atoms with E-state index in [0.717, 1.165) is 18.1 Å². The predicted octanol–water partition coefficient (Wildman–Crippen LogP) is 0.822. The van der Waals surface area contributed by atoms with E-state index in [2.05, 4.69) is 10.1 Å². The van der Waals surface area contributed by atoms with Crippen molar-refractivity contribution in [2.24, 2.45) is 0 Å². The van der Waals surface area contributed by atoms with Crippen LogP contribution in [0.15, 0.2) is 0 Å². The van der Waals surface area contributed by atoms with Crippen molar-refractivity contribution in [2.75, 3.05) is 24.7 Å². The Morgan fingerprint density at radius 2 is 2.58 bits per heavy atom. The van der Waals surface area contributed by atoms with Crippen LogP contribution in [0.5, 0.6) is 0 Å². The maximum atomic E-state index is 10.8. The van der Waals surface area contributed by atoms with Gasteiger partial charge in [-0.05, 0) is 6.92 Å². The number of carbonyl (C=O) groups excluding carboxylic acids is 1. The fourth-order valence-electron chi connectivity index (χ4n) is 0.885. The van der Waals surface area contributed by atoms with Gasteiger partial charge < -0.3 is 9.47 Å². The summed E-state index contributed by atoms with van der Waals surface area (Å²) in [5, 5.41) is 3.06. The predicted molar refractivity (Wildman–Crippen MR) is 47.2 cm³/mol. The van der Waals surface area contributed by atoms with Crippen LogP contribution in [0.2, 0.25) is 0 Å². The summed E-state index contributed by atoms with van der Waals surface area (Å²) < 4.78 is 9.57. The quantitative estimate of drug-likeness (QED) is 0.655. The van der Waals surface area contributed by atoms with E-state index in [1.165, 1.54) is 0 Å². The molecule has 1 saturated heterocycles. The Morgan fingerprint density at radius 1 is 1.75 bits per heavy atom. The number of hydrogen-bond acceptors (Lipinski definition) is 5. The molecule has 5 heteroatoms. The Bertz CT molecular complexity index is 148. The summed E-state index contributed by atoms with van der Waals surface area (Å²) in [6, 6.07) is 0. The van der Waals surface area contributed by atoms with Crippen molar-refractivity contribution in [3.8, 4) is 0 Å². The lowest BCUT2D eigenvalue weighted by atomic mass is 10.6. The van der Waals surface area contributed by atoms with Gasteiger partial charge in [0, 0.05) is 18.1 Å². The van der Waals surface area contributed by atoms with Crippen LogP contribution in [0.4, 0.5) is 4.79 Å². The summed E-state index contributed by atoms with van der Waals surface area (Å²) in [5.74, 6) is 1.88. The highest BCUT2D eigenvalue weighted by Crippen LogP contribution is 2.08. The smallest absolute Gasteiger partial charge is 0.435 e. The summed E-state index contributed by atoms with van der Waals surface area (Å²) in [6.07, 6.45) is -0.764. The monoisotopic (exact) mass is 191 g/mol. The van der Waals surface area contributed by atoms with Crippen molar-refractivity contribution in [2.45, 2.75) is 13.2 Å². The normalized spacial score (nSPS) is 23.2. The number of hydrogen-bond donors (Lipinski definition) is 1. The van der Waals surface area contributed by atoms with Crippen LogP contribution in [0, 0.1) is 0 Å². The zero-order valence-electron chi connectivity index (χ0n) is 7.04. The molecule has 1 rings (SSSR count). The van der Waals surface area contributed by atoms with Gasteiger partial charge in [0.25, 0.3) is 0 Å². The summed E-state index contributed by atoms with van der Waals surface area (Å²) in [4.78, 5) is 10.8. The van der Waals surface area contributed by atoms with Gasteiger partial charge in [-0.2, -0.15) is 11.8 Å². The molecule has 0 spiro atoms. The molecule has 70 valence electrons. The highest BCUT2D eigenvalue weighted by Gasteiger charge is 2.17. The van der Waals surface area contributed by atoms with Crippen LogP contribution in [-0.4, -0.2) is 37.0 Å². The molecule has 0 bridgehead atoms. The Labute approximate surface area is 76.0 Å². The van der Waals surface area contributed by atoms with Crippen LogP contribution in [0.3, 0.4) is 0 Å². The zero-order chi connectivity index (χ0) is 8.81. The van der Waals surface area contributed by atoms with E-state index < -0.39 is 6.16 Å². The van der Waals surface area contributed by atoms with Crippen molar-refractivity contribution in [1.29, 1.82) is 0 Å². The van der Waals surface area contributed by atoms with Crippen LogP contribution in [0.1, 0.15) is 6.92 Å². The second kappa shape index (κ2) is 5.27. The number of nitrogens with one attached hydrogen (secondary N) is 1. The second-order valence-corrected chi connectivity index (χ2v) is 3.47. The first-order valence-electron chi connectivity index (χ1n) is 3.97. The summed E-state index contributed by atoms with van der Waals surface area (Å²) in [7, 11) is 0. The highest BCUT2D eigenvalue weighted by atomic mass is 32.2. The van der Waals surface area contributed by atoms with Crippen LogP contribution >= 0.6 is 11.8 Å². The lowest BCUT2D eigenvalue weighted by molar-refractivity contribution is 0.0227. The van der Waals surface area contributed by atoms with E-state index in [9.17, 15) is 4.79 Å². The summed E-state index contributed by atoms with van der Waals surface area (Å²) >= 11 is 1.77. The van der Waals surface area contributed by atoms with Crippen molar-refractivity contribution in [1.82, 2.24) is 5.32 Å². The van der Waals surface area contributed by atoms with Gasteiger partial charge in [-0.1, -0.05) is 0 Å². The molecule has 12 heavy (non-hydrogen) atoms. The fraction of sp³-hybridized carbons (Fsp3) is 0.857. The molecule has 0 radical (unpaired) electrons. The van der Waals surface area contributed by atoms with E-state index in [1.54, 1.807) is 18.7 Å². The first kappa shape index (κ1) is 9.67. The summed E-state index contributed by atoms with van der Waals surface area (Å²) in [6.45, 7) is 3.00. The van der Waals surface area contributed by atoms with Crippen LogP contribution in [0.25, 0.3) is 0 Å². The molecule has 1 atom stereocenters. The van der Waals surface area contributed by atoms with E-state index >= 15 is 0 Å². The molecule has 0 aliphatic carbocycles. The maximum absolute atomic E-state index is 10.8. The van der Waals surface area contributed by atoms with Gasteiger partial charge in [0.1, 0.15) is 0 Å². The van der Waals surface area contributed by atoms with Crippen LogP contribution in [-0.2, 0) is 9.47 Å². The van der Waals surface area contributed by atoms with E-state index in [0.29, 0.717) is 6.61 Å². The molecule has 0 aromatic rings. The lowest BCUT2D eigenvalue weighted by Crippen LogP contribution is -2.40. The van der Waals surface area contributed by atoms with Crippen molar-refractivity contribution < 1.29 is 14.3 Å². The summed E-state index contributed by atoms with van der Waals surface area (Å²) in [5.41, 5.74) is 0. The van der Waals surface area contributed by atoms with Crippen molar-refractivity contribution in [3.05, 3.63) is 0 Å². The minimum absolute atomic E-state index is 0.178. The SMILES string of the molecule is CCOC(=O)OC1CSCCN1. The van der Waals surface area contributed by atoms with Gasteiger partial charge in [0.05, 0.1) is 6.61 Å². The Hall–Kier alpha value is -0.420. The minimum atomic E-state index is -0.586. The topological polar surface area (TPSA) is 47.6 Å². The molecule has 0 amide bonds. The van der Waals surface area contributed by atoms with E-state index in [-0.39, 0.29) is 6.23 Å². The van der Waals surface area contributed by atoms with Gasteiger partial charge in [0.15, 0.2) is 6.23 Å². The number of ether oxygens (including phenoxy) is 2. The van der Waals surface area contributed by atoms with Crippen molar-refractivity contribution in [3.63, 3.8) is 0 Å². The minimum Gasteiger partial charge on any atom is -0.435 e. The molecule has 1 aliphatic rings. The highest BCUT2D eigenvalue weighted by molar-refractivity contribution is 7.99. The first-order valence-corrected chi connectivity index (χ1v) is 5.13. The third kappa shape index (κ3) is 3.32. The fourth-order valence-corrected chi connectivity index (χ4v) is 1.71. The van der Waals surface area contributed by atoms with E-state index in [1.807, 2.05) is 0 Å². The average molecular weight is 191 g/mol. The Balaban J connectivity index is 2.15. The lowest BCUT2D eigenvalue weighted by Gasteiger charge is -2.22. The standard InChI is InChI=1S/C7H13NO3S/c1-2-10-7(9)11-6-5-12-4-3-8-6/h6,8H,2-5H2,1H3. The molecule has 1 heterocycles. The number of rotatable bonds is 2. The molecule has 0 saturated carbocycles. The van der Waals surface area contributed by atoms with Gasteiger partial charge in [-0.25, -0.2) is 4.79 Å². The molecular formula is C7H13NO3S. The molecule has 1 fully saturated rings. The Morgan fingerprint density at radius 3 is 3.17 bits per heavy atom. The van der Waals surface area contributed by atoms with E-state index in [4.69, 9.17) is 4.74 Å². The number of thioether (sulfide) groups is 1. The third-order valence-electron chi connectivity index (χ3n) is 1.39. The van der Waals surface area contributed by atoms with Gasteiger partial charge in [0.2, 0.25) is 0 Å². The van der Waals surface area contributed by atoms with Gasteiger partial charge in [-0.15, -0.1) is 0 Å². The van der Waals surface area contributed by atoms with Crippen molar-refractivity contribution >= 4 is 17.9 Å². The zero-order valence-corrected chi connectivity index (χ0v) is 7.86. The number of carbonyl (C=O) groups is 1. The van der Waals surface area contributed by atoms with Gasteiger partial charge in [-0.3, -0.25) is 5.32 Å². The molecule has 0 aromatic heterocycles. The molecule has 1 aliphatic heterocycles. The molecule has 0 aromatic carbocycles. The molecule has 4 nitrogen and oxygen atoms in total. The average Bonchev–Trinajstić information content (AvgIpc) is 2.06.